The summed E-state index contributed by atoms with van der Waals surface area (Å²) in [6.45, 7) is 0.594. The van der Waals surface area contributed by atoms with Crippen molar-refractivity contribution in [2.45, 2.75) is 6.54 Å². The molecule has 0 bridgehead atoms. The number of hydrogen-bond acceptors (Lipinski definition) is 6. The van der Waals surface area contributed by atoms with Gasteiger partial charge in [0.1, 0.15) is 17.6 Å². The van der Waals surface area contributed by atoms with Gasteiger partial charge in [0.05, 0.1) is 30.7 Å². The topological polar surface area (TPSA) is 93.5 Å². The van der Waals surface area contributed by atoms with Crippen molar-refractivity contribution < 1.29 is 4.74 Å². The van der Waals surface area contributed by atoms with Crippen LogP contribution in [0.4, 0.5) is 5.95 Å². The van der Waals surface area contributed by atoms with Gasteiger partial charge in [-0.2, -0.15) is 10.1 Å². The molecule has 0 aliphatic heterocycles. The summed E-state index contributed by atoms with van der Waals surface area (Å²) >= 11 is 0. The van der Waals surface area contributed by atoms with Crippen molar-refractivity contribution in [2.75, 3.05) is 12.4 Å². The van der Waals surface area contributed by atoms with Crippen LogP contribution in [0, 0.1) is 0 Å². The number of nitrogens with zero attached hydrogens (tertiary/aromatic N) is 5. The Bertz CT molecular complexity index is 1270. The van der Waals surface area contributed by atoms with Crippen molar-refractivity contribution in [3.8, 4) is 11.4 Å². The molecule has 0 spiro atoms. The fourth-order valence-electron chi connectivity index (χ4n) is 3.12. The number of benzene rings is 2. The number of imidazole rings is 1. The van der Waals surface area contributed by atoms with E-state index in [2.05, 4.69) is 30.5 Å². The zero-order valence-corrected chi connectivity index (χ0v) is 15.1. The first kappa shape index (κ1) is 16.2. The van der Waals surface area contributed by atoms with Gasteiger partial charge in [0.15, 0.2) is 5.65 Å². The number of rotatable bonds is 5. The van der Waals surface area contributed by atoms with E-state index < -0.39 is 0 Å². The van der Waals surface area contributed by atoms with Crippen molar-refractivity contribution in [2.24, 2.45) is 0 Å². The molecule has 8 nitrogen and oxygen atoms in total. The van der Waals surface area contributed by atoms with Gasteiger partial charge in [0.2, 0.25) is 5.95 Å². The second-order valence-corrected chi connectivity index (χ2v) is 6.36. The van der Waals surface area contributed by atoms with Crippen molar-refractivity contribution in [3.63, 3.8) is 0 Å². The third-order valence-corrected chi connectivity index (χ3v) is 4.58. The number of fused-ring (bicyclic) bond motifs is 2. The Morgan fingerprint density at radius 3 is 3.00 bits per heavy atom. The average Bonchev–Trinajstić information content (AvgIpc) is 3.38. The molecular formula is C20H17N7O. The summed E-state index contributed by atoms with van der Waals surface area (Å²) in [6.07, 6.45) is 5.28. The standard InChI is InChI=1S/C20H17N7O/c1-28-16-4-2-3-13(7-16)9-21-20-22-11-18-19(25-20)27(12-23-18)15-6-5-14-10-24-26-17(14)8-15/h2-8,10-12H,9H2,1H3,(H,24,26)(H,21,22,25). The first-order valence-electron chi connectivity index (χ1n) is 8.80. The number of H-pyrrole nitrogens is 1. The number of ether oxygens (including phenoxy) is 1. The van der Waals surface area contributed by atoms with E-state index in [1.165, 1.54) is 0 Å². The molecule has 138 valence electrons. The molecule has 0 radical (unpaired) electrons. The van der Waals surface area contributed by atoms with Crippen LogP contribution < -0.4 is 10.1 Å². The predicted molar refractivity (Wildman–Crippen MR) is 107 cm³/mol. The van der Waals surface area contributed by atoms with Crippen LogP contribution in [0.3, 0.4) is 0 Å². The van der Waals surface area contributed by atoms with Gasteiger partial charge in [0.25, 0.3) is 0 Å². The number of methoxy groups -OCH3 is 1. The molecule has 0 aliphatic rings. The van der Waals surface area contributed by atoms with Gasteiger partial charge in [0, 0.05) is 11.9 Å². The fourth-order valence-corrected chi connectivity index (χ4v) is 3.12. The molecule has 0 saturated carbocycles. The molecule has 3 heterocycles. The fraction of sp³-hybridized carbons (Fsp3) is 0.100. The van der Waals surface area contributed by atoms with E-state index in [1.807, 2.05) is 47.0 Å². The van der Waals surface area contributed by atoms with Crippen LogP contribution in [0.1, 0.15) is 5.56 Å². The zero-order chi connectivity index (χ0) is 18.9. The molecule has 0 amide bonds. The van der Waals surface area contributed by atoms with Crippen LogP contribution in [-0.4, -0.2) is 36.8 Å². The molecule has 5 rings (SSSR count). The van der Waals surface area contributed by atoms with E-state index in [0.29, 0.717) is 12.5 Å². The average molecular weight is 371 g/mol. The lowest BCUT2D eigenvalue weighted by Gasteiger charge is -2.08. The molecule has 0 unspecified atom stereocenters. The van der Waals surface area contributed by atoms with Crippen LogP contribution in [0.2, 0.25) is 0 Å². The molecule has 8 heteroatoms. The first-order valence-corrected chi connectivity index (χ1v) is 8.80. The van der Waals surface area contributed by atoms with Crippen LogP contribution in [0.15, 0.2) is 61.2 Å². The van der Waals surface area contributed by atoms with Gasteiger partial charge in [-0.15, -0.1) is 0 Å². The number of aromatic nitrogens is 6. The van der Waals surface area contributed by atoms with Crippen molar-refractivity contribution >= 4 is 28.0 Å². The molecular weight excluding hydrogens is 354 g/mol. The Hall–Kier alpha value is -3.94. The lowest BCUT2D eigenvalue weighted by Crippen LogP contribution is -2.04. The van der Waals surface area contributed by atoms with Gasteiger partial charge < -0.3 is 10.1 Å². The highest BCUT2D eigenvalue weighted by atomic mass is 16.5. The molecule has 0 aliphatic carbocycles. The quantitative estimate of drug-likeness (QED) is 0.492. The molecule has 0 saturated heterocycles. The largest absolute Gasteiger partial charge is 0.497 e. The monoisotopic (exact) mass is 371 g/mol. The van der Waals surface area contributed by atoms with Gasteiger partial charge in [-0.1, -0.05) is 12.1 Å². The highest BCUT2D eigenvalue weighted by molar-refractivity contribution is 5.81. The van der Waals surface area contributed by atoms with Crippen molar-refractivity contribution in [3.05, 3.63) is 66.7 Å². The second-order valence-electron chi connectivity index (χ2n) is 6.36. The van der Waals surface area contributed by atoms with E-state index in [0.717, 1.165) is 39.1 Å². The van der Waals surface area contributed by atoms with Crippen molar-refractivity contribution in [1.29, 1.82) is 0 Å². The van der Waals surface area contributed by atoms with Crippen LogP contribution in [-0.2, 0) is 6.54 Å². The molecule has 28 heavy (non-hydrogen) atoms. The summed E-state index contributed by atoms with van der Waals surface area (Å²) in [4.78, 5) is 13.4. The minimum Gasteiger partial charge on any atom is -0.497 e. The number of anilines is 1. The Morgan fingerprint density at radius 1 is 1.11 bits per heavy atom. The molecule has 5 aromatic rings. The van der Waals surface area contributed by atoms with Gasteiger partial charge >= 0.3 is 0 Å². The summed E-state index contributed by atoms with van der Waals surface area (Å²) in [5.41, 5.74) is 4.47. The number of nitrogens with one attached hydrogen (secondary N) is 2. The van der Waals surface area contributed by atoms with E-state index >= 15 is 0 Å². The van der Waals surface area contributed by atoms with Gasteiger partial charge in [-0.25, -0.2) is 9.97 Å². The Labute approximate surface area is 160 Å². The van der Waals surface area contributed by atoms with Crippen LogP contribution in [0.25, 0.3) is 27.8 Å². The summed E-state index contributed by atoms with van der Waals surface area (Å²) in [6, 6.07) is 13.9. The van der Waals surface area contributed by atoms with Gasteiger partial charge in [-0.05, 0) is 35.9 Å². The van der Waals surface area contributed by atoms with E-state index in [4.69, 9.17) is 4.74 Å². The number of hydrogen-bond donors (Lipinski definition) is 2. The summed E-state index contributed by atoms with van der Waals surface area (Å²) in [7, 11) is 1.66. The Morgan fingerprint density at radius 2 is 2.07 bits per heavy atom. The Balaban J connectivity index is 1.45. The minimum atomic E-state index is 0.541. The predicted octanol–water partition coefficient (Wildman–Crippen LogP) is 3.31. The second kappa shape index (κ2) is 6.66. The molecule has 3 aromatic heterocycles. The molecule has 2 N–H and O–H groups in total. The maximum Gasteiger partial charge on any atom is 0.225 e. The Kier molecular flexibility index (Phi) is 3.86. The van der Waals surface area contributed by atoms with Gasteiger partial charge in [-0.3, -0.25) is 9.67 Å². The SMILES string of the molecule is COc1cccc(CNc2ncc3ncn(-c4ccc5cn[nH]c5c4)c3n2)c1. The van der Waals surface area contributed by atoms with Crippen LogP contribution >= 0.6 is 0 Å². The van der Waals surface area contributed by atoms with E-state index in [-0.39, 0.29) is 0 Å². The summed E-state index contributed by atoms with van der Waals surface area (Å²) in [5, 5.41) is 11.4. The molecule has 0 atom stereocenters. The van der Waals surface area contributed by atoms with E-state index in [1.54, 1.807) is 25.8 Å². The minimum absolute atomic E-state index is 0.541. The molecule has 0 fully saturated rings. The maximum absolute atomic E-state index is 5.27. The maximum atomic E-state index is 5.27. The third kappa shape index (κ3) is 2.90. The highest BCUT2D eigenvalue weighted by Gasteiger charge is 2.09. The summed E-state index contributed by atoms with van der Waals surface area (Å²) < 4.78 is 7.20. The first-order chi connectivity index (χ1) is 13.8. The normalized spacial score (nSPS) is 11.2. The number of aromatic amines is 1. The summed E-state index contributed by atoms with van der Waals surface area (Å²) in [5.74, 6) is 1.36. The highest BCUT2D eigenvalue weighted by Crippen LogP contribution is 2.21. The lowest BCUT2D eigenvalue weighted by atomic mass is 10.2. The third-order valence-electron chi connectivity index (χ3n) is 4.58. The zero-order valence-electron chi connectivity index (χ0n) is 15.1. The molecule has 2 aromatic carbocycles. The smallest absolute Gasteiger partial charge is 0.225 e. The van der Waals surface area contributed by atoms with E-state index in [9.17, 15) is 0 Å². The lowest BCUT2D eigenvalue weighted by molar-refractivity contribution is 0.414. The van der Waals surface area contributed by atoms with Crippen molar-refractivity contribution in [1.82, 2.24) is 29.7 Å². The van der Waals surface area contributed by atoms with Crippen LogP contribution in [0.5, 0.6) is 5.75 Å².